The third kappa shape index (κ3) is 1.94. The molecule has 0 saturated carbocycles. The first-order valence-electron chi connectivity index (χ1n) is 2.71. The molecule has 0 aliphatic rings. The molecule has 0 aromatic heterocycles. The summed E-state index contributed by atoms with van der Waals surface area (Å²) in [6, 6.07) is 8.05. The number of rotatable bonds is 1. The second kappa shape index (κ2) is 3.17. The van der Waals surface area contributed by atoms with Crippen LogP contribution in [-0.2, 0) is 0 Å². The number of hydrogen-bond donors (Lipinski definition) is 0. The molecule has 46 valence electrons. The SMILES string of the molecule is Cc1cccc([O][Bi])c1. The Morgan fingerprint density at radius 3 is 2.67 bits per heavy atom. The summed E-state index contributed by atoms with van der Waals surface area (Å²) in [5, 5.41) is 0. The summed E-state index contributed by atoms with van der Waals surface area (Å²) in [6.45, 7) is 2.06. The predicted octanol–water partition coefficient (Wildman–Crippen LogP) is 1.46. The Hall–Kier alpha value is -0.0969. The zero-order valence-electron chi connectivity index (χ0n) is 5.16. The zero-order chi connectivity index (χ0) is 6.69. The standard InChI is InChI=1S/C7H8O.Bi/c1-6-3-2-4-7(8)5-6;/h2-5,8H,1H3;/q;+1/p-1. The van der Waals surface area contributed by atoms with Crippen LogP contribution in [0.25, 0.3) is 0 Å². The molecule has 0 fully saturated rings. The van der Waals surface area contributed by atoms with Gasteiger partial charge in [-0.05, 0) is 0 Å². The molecule has 9 heavy (non-hydrogen) atoms. The predicted molar refractivity (Wildman–Crippen MR) is 37.6 cm³/mol. The molecule has 0 unspecified atom stereocenters. The van der Waals surface area contributed by atoms with Gasteiger partial charge in [-0.1, -0.05) is 0 Å². The van der Waals surface area contributed by atoms with Gasteiger partial charge >= 0.3 is 70.5 Å². The van der Waals surface area contributed by atoms with Gasteiger partial charge in [0.2, 0.25) is 0 Å². The number of benzene rings is 1. The Labute approximate surface area is 70.5 Å². The van der Waals surface area contributed by atoms with E-state index in [9.17, 15) is 0 Å². The van der Waals surface area contributed by atoms with Gasteiger partial charge in [0.25, 0.3) is 0 Å². The van der Waals surface area contributed by atoms with Crippen LogP contribution in [0.5, 0.6) is 5.75 Å². The molecule has 0 saturated heterocycles. The molecule has 1 nitrogen and oxygen atoms in total. The van der Waals surface area contributed by atoms with Crippen molar-refractivity contribution in [2.75, 3.05) is 0 Å². The molecule has 1 aromatic carbocycles. The molecule has 2 heteroatoms. The molecule has 0 heterocycles. The van der Waals surface area contributed by atoms with Crippen LogP contribution in [0.1, 0.15) is 5.56 Å². The van der Waals surface area contributed by atoms with Crippen LogP contribution in [0.2, 0.25) is 0 Å². The summed E-state index contributed by atoms with van der Waals surface area (Å²) >= 11 is 0.955. The van der Waals surface area contributed by atoms with E-state index in [0.29, 0.717) is 0 Å². The molecule has 0 spiro atoms. The van der Waals surface area contributed by atoms with E-state index < -0.39 is 0 Å². The molecule has 0 atom stereocenters. The van der Waals surface area contributed by atoms with E-state index in [1.807, 2.05) is 18.2 Å². The van der Waals surface area contributed by atoms with Crippen molar-refractivity contribution in [3.05, 3.63) is 29.8 Å². The van der Waals surface area contributed by atoms with Gasteiger partial charge in [-0.3, -0.25) is 0 Å². The van der Waals surface area contributed by atoms with E-state index in [1.54, 1.807) is 0 Å². The van der Waals surface area contributed by atoms with E-state index in [0.717, 1.165) is 30.9 Å². The second-order valence-corrected chi connectivity index (χ2v) is 2.62. The van der Waals surface area contributed by atoms with Gasteiger partial charge in [-0.2, -0.15) is 0 Å². The Bertz CT molecular complexity index is 198. The van der Waals surface area contributed by atoms with Crippen LogP contribution >= 0.6 is 0 Å². The van der Waals surface area contributed by atoms with Gasteiger partial charge in [0.05, 0.1) is 0 Å². The Balaban J connectivity index is 2.94. The fraction of sp³-hybridized carbons (Fsp3) is 0.143. The molecule has 1 aromatic rings. The summed E-state index contributed by atoms with van der Waals surface area (Å²) in [5.74, 6) is 0.975. The van der Waals surface area contributed by atoms with Crippen LogP contribution < -0.4 is 2.81 Å². The first kappa shape index (κ1) is 7.02. The van der Waals surface area contributed by atoms with Crippen LogP contribution in [0.4, 0.5) is 0 Å². The molecular weight excluding hydrogens is 309 g/mol. The first-order chi connectivity index (χ1) is 4.33. The summed E-state index contributed by atoms with van der Waals surface area (Å²) in [4.78, 5) is 0. The maximum absolute atomic E-state index is 5.11. The van der Waals surface area contributed by atoms with Crippen LogP contribution in [0.3, 0.4) is 0 Å². The fourth-order valence-corrected chi connectivity index (χ4v) is 1.11. The summed E-state index contributed by atoms with van der Waals surface area (Å²) in [6.07, 6.45) is 0. The molecule has 1 rings (SSSR count). The quantitative estimate of drug-likeness (QED) is 0.713. The Morgan fingerprint density at radius 1 is 1.44 bits per heavy atom. The third-order valence-electron chi connectivity index (χ3n) is 1.09. The summed E-state index contributed by atoms with van der Waals surface area (Å²) in [5.41, 5.74) is 1.25. The number of hydrogen-bond acceptors (Lipinski definition) is 1. The van der Waals surface area contributed by atoms with Gasteiger partial charge in [-0.25, -0.2) is 0 Å². The molecule has 0 amide bonds. The summed E-state index contributed by atoms with van der Waals surface area (Å²) < 4.78 is 5.11. The average molecular weight is 316 g/mol. The van der Waals surface area contributed by atoms with Gasteiger partial charge in [0.1, 0.15) is 0 Å². The van der Waals surface area contributed by atoms with Crippen molar-refractivity contribution in [1.29, 1.82) is 0 Å². The van der Waals surface area contributed by atoms with E-state index in [1.165, 1.54) is 5.56 Å². The van der Waals surface area contributed by atoms with Crippen molar-refractivity contribution in [2.45, 2.75) is 6.92 Å². The van der Waals surface area contributed by atoms with Crippen molar-refractivity contribution >= 4 is 25.2 Å². The van der Waals surface area contributed by atoms with Crippen LogP contribution in [-0.4, -0.2) is 25.2 Å². The molecular formula is C7H7BiO. The Kier molecular flexibility index (Phi) is 2.47. The van der Waals surface area contributed by atoms with Gasteiger partial charge in [0, 0.05) is 0 Å². The van der Waals surface area contributed by atoms with E-state index in [4.69, 9.17) is 2.81 Å². The molecule has 0 aliphatic carbocycles. The van der Waals surface area contributed by atoms with Crippen molar-refractivity contribution in [3.63, 3.8) is 0 Å². The monoisotopic (exact) mass is 316 g/mol. The minimum atomic E-state index is 0.955. The molecule has 0 aliphatic heterocycles. The van der Waals surface area contributed by atoms with Crippen molar-refractivity contribution in [1.82, 2.24) is 0 Å². The van der Waals surface area contributed by atoms with E-state index >= 15 is 0 Å². The minimum absolute atomic E-state index is 0.955. The van der Waals surface area contributed by atoms with Crippen molar-refractivity contribution < 1.29 is 2.81 Å². The molecule has 2 radical (unpaired) electrons. The first-order valence-corrected chi connectivity index (χ1v) is 4.13. The summed E-state index contributed by atoms with van der Waals surface area (Å²) in [7, 11) is 0. The van der Waals surface area contributed by atoms with Crippen molar-refractivity contribution in [3.8, 4) is 5.75 Å². The van der Waals surface area contributed by atoms with Gasteiger partial charge in [0.15, 0.2) is 0 Å². The van der Waals surface area contributed by atoms with E-state index in [-0.39, 0.29) is 0 Å². The molecule has 0 bridgehead atoms. The molecule has 0 N–H and O–H groups in total. The second-order valence-electron chi connectivity index (χ2n) is 1.91. The maximum atomic E-state index is 5.11. The number of aryl methyl sites for hydroxylation is 1. The fourth-order valence-electron chi connectivity index (χ4n) is 0.672. The van der Waals surface area contributed by atoms with Gasteiger partial charge in [-0.15, -0.1) is 0 Å². The van der Waals surface area contributed by atoms with Crippen LogP contribution in [0.15, 0.2) is 24.3 Å². The van der Waals surface area contributed by atoms with Gasteiger partial charge < -0.3 is 0 Å². The van der Waals surface area contributed by atoms with Crippen LogP contribution in [0, 0.1) is 6.92 Å². The third-order valence-corrected chi connectivity index (χ3v) is 1.91. The Morgan fingerprint density at radius 2 is 2.22 bits per heavy atom. The van der Waals surface area contributed by atoms with E-state index in [2.05, 4.69) is 13.0 Å². The van der Waals surface area contributed by atoms with Crippen molar-refractivity contribution in [2.24, 2.45) is 0 Å². The normalized spacial score (nSPS) is 9.11. The topological polar surface area (TPSA) is 9.23 Å². The zero-order valence-corrected chi connectivity index (χ0v) is 8.64. The average Bonchev–Trinajstić information content (AvgIpc) is 1.88.